The van der Waals surface area contributed by atoms with Gasteiger partial charge in [0.05, 0.1) is 11.6 Å². The zero-order chi connectivity index (χ0) is 18.1. The van der Waals surface area contributed by atoms with Crippen LogP contribution in [0.3, 0.4) is 0 Å². The molecule has 4 rings (SSSR count). The lowest BCUT2D eigenvalue weighted by Gasteiger charge is -2.15. The molecule has 0 aliphatic carbocycles. The smallest absolute Gasteiger partial charge is 0.131 e. The second kappa shape index (κ2) is 6.93. The molecule has 1 aromatic heterocycles. The molecule has 26 heavy (non-hydrogen) atoms. The third kappa shape index (κ3) is 2.78. The van der Waals surface area contributed by atoms with E-state index in [-0.39, 0.29) is 5.92 Å². The summed E-state index contributed by atoms with van der Waals surface area (Å²) in [5.41, 5.74) is 5.39. The van der Waals surface area contributed by atoms with Crippen molar-refractivity contribution in [3.05, 3.63) is 94.5 Å². The summed E-state index contributed by atoms with van der Waals surface area (Å²) >= 11 is 3.48. The van der Waals surface area contributed by atoms with Gasteiger partial charge in [-0.3, -0.25) is 0 Å². The molecule has 0 saturated heterocycles. The molecule has 0 N–H and O–H groups in total. The summed E-state index contributed by atoms with van der Waals surface area (Å²) in [6.45, 7) is 0. The number of para-hydroxylation sites is 1. The molecule has 0 aliphatic rings. The van der Waals surface area contributed by atoms with Gasteiger partial charge in [0, 0.05) is 28.0 Å². The summed E-state index contributed by atoms with van der Waals surface area (Å²) in [4.78, 5) is 12.2. The van der Waals surface area contributed by atoms with Crippen molar-refractivity contribution in [1.82, 2.24) is 4.57 Å². The van der Waals surface area contributed by atoms with Crippen molar-refractivity contribution in [1.29, 1.82) is 0 Å². The quantitative estimate of drug-likeness (QED) is 0.386. The Labute approximate surface area is 161 Å². The molecule has 0 radical (unpaired) electrons. The van der Waals surface area contributed by atoms with Gasteiger partial charge in [0.15, 0.2) is 0 Å². The molecule has 0 saturated carbocycles. The maximum Gasteiger partial charge on any atom is 0.131 e. The Hall–Kier alpha value is -2.65. The van der Waals surface area contributed by atoms with Crippen LogP contribution in [0.25, 0.3) is 22.2 Å². The van der Waals surface area contributed by atoms with E-state index < -0.39 is 0 Å². The van der Waals surface area contributed by atoms with E-state index in [0.29, 0.717) is 0 Å². The molecule has 0 amide bonds. The number of halogens is 1. The van der Waals surface area contributed by atoms with Crippen LogP contribution < -0.4 is 0 Å². The summed E-state index contributed by atoms with van der Waals surface area (Å²) < 4.78 is 3.20. The molecule has 3 aromatic carbocycles. The van der Waals surface area contributed by atoms with Gasteiger partial charge < -0.3 is 9.36 Å². The van der Waals surface area contributed by atoms with Crippen LogP contribution in [-0.2, 0) is 11.8 Å². The lowest BCUT2D eigenvalue weighted by molar-refractivity contribution is -0.108. The highest BCUT2D eigenvalue weighted by Gasteiger charge is 2.24. The molecular weight excluding hydrogens is 386 g/mol. The van der Waals surface area contributed by atoms with Crippen LogP contribution >= 0.6 is 15.9 Å². The Morgan fingerprint density at radius 3 is 2.23 bits per heavy atom. The molecule has 1 heterocycles. The first-order valence-electron chi connectivity index (χ1n) is 8.54. The fourth-order valence-corrected chi connectivity index (χ4v) is 3.93. The first-order valence-corrected chi connectivity index (χ1v) is 9.33. The van der Waals surface area contributed by atoms with Gasteiger partial charge in [-0.1, -0.05) is 76.6 Å². The average molecular weight is 404 g/mol. The SMILES string of the molecule is Cn1c(-c2ccccc2)c([C@@H](C=O)c2ccc(Br)cc2)c2ccccc21. The highest BCUT2D eigenvalue weighted by atomic mass is 79.9. The molecule has 3 heteroatoms. The fraction of sp³-hybridized carbons (Fsp3) is 0.0870. The second-order valence-electron chi connectivity index (χ2n) is 6.37. The van der Waals surface area contributed by atoms with Gasteiger partial charge in [0.25, 0.3) is 0 Å². The molecular formula is C23H18BrNO. The van der Waals surface area contributed by atoms with Gasteiger partial charge in [-0.25, -0.2) is 0 Å². The number of carbonyl (C=O) groups excluding carboxylic acids is 1. The average Bonchev–Trinajstić information content (AvgIpc) is 2.98. The Morgan fingerprint density at radius 1 is 0.885 bits per heavy atom. The molecule has 0 bridgehead atoms. The van der Waals surface area contributed by atoms with Crippen molar-refractivity contribution in [2.24, 2.45) is 7.05 Å². The van der Waals surface area contributed by atoms with E-state index in [1.807, 2.05) is 54.6 Å². The Balaban J connectivity index is 2.04. The minimum Gasteiger partial charge on any atom is -0.343 e. The largest absolute Gasteiger partial charge is 0.343 e. The van der Waals surface area contributed by atoms with E-state index in [0.717, 1.165) is 44.0 Å². The van der Waals surface area contributed by atoms with Crippen molar-refractivity contribution >= 4 is 33.1 Å². The van der Waals surface area contributed by atoms with E-state index in [1.165, 1.54) is 0 Å². The Kier molecular flexibility index (Phi) is 4.48. The van der Waals surface area contributed by atoms with Crippen molar-refractivity contribution in [2.75, 3.05) is 0 Å². The summed E-state index contributed by atoms with van der Waals surface area (Å²) in [6.07, 6.45) is 1.05. The van der Waals surface area contributed by atoms with Crippen LogP contribution in [-0.4, -0.2) is 10.9 Å². The van der Waals surface area contributed by atoms with Gasteiger partial charge >= 0.3 is 0 Å². The monoisotopic (exact) mass is 403 g/mol. The van der Waals surface area contributed by atoms with Gasteiger partial charge in [0.1, 0.15) is 6.29 Å². The molecule has 1 atom stereocenters. The Bertz CT molecular complexity index is 1060. The molecule has 2 nitrogen and oxygen atoms in total. The van der Waals surface area contributed by atoms with Gasteiger partial charge in [-0.05, 0) is 29.3 Å². The zero-order valence-corrected chi connectivity index (χ0v) is 16.0. The number of rotatable bonds is 4. The topological polar surface area (TPSA) is 22.0 Å². The molecule has 0 fully saturated rings. The van der Waals surface area contributed by atoms with E-state index in [2.05, 4.69) is 51.8 Å². The second-order valence-corrected chi connectivity index (χ2v) is 7.29. The maximum absolute atomic E-state index is 12.2. The van der Waals surface area contributed by atoms with E-state index in [4.69, 9.17) is 0 Å². The van der Waals surface area contributed by atoms with Crippen LogP contribution in [0.4, 0.5) is 0 Å². The van der Waals surface area contributed by atoms with Crippen LogP contribution in [0.15, 0.2) is 83.3 Å². The van der Waals surface area contributed by atoms with Gasteiger partial charge in [0.2, 0.25) is 0 Å². The number of nitrogens with zero attached hydrogens (tertiary/aromatic N) is 1. The third-order valence-corrected chi connectivity index (χ3v) is 5.40. The normalized spacial score (nSPS) is 12.2. The highest BCUT2D eigenvalue weighted by Crippen LogP contribution is 2.39. The summed E-state index contributed by atoms with van der Waals surface area (Å²) in [5, 5.41) is 1.12. The third-order valence-electron chi connectivity index (χ3n) is 4.87. The standard InChI is InChI=1S/C23H18BrNO/c1-25-21-10-6-5-9-19(21)22(23(25)17-7-3-2-4-8-17)20(15-26)16-11-13-18(24)14-12-16/h2-15,20H,1H3/t20-/m0/s1. The van der Waals surface area contributed by atoms with Crippen molar-refractivity contribution in [3.8, 4) is 11.3 Å². The molecule has 128 valence electrons. The van der Waals surface area contributed by atoms with Crippen molar-refractivity contribution in [3.63, 3.8) is 0 Å². The van der Waals surface area contributed by atoms with Crippen LogP contribution in [0.1, 0.15) is 17.0 Å². The predicted octanol–water partition coefficient (Wildman–Crippen LogP) is 5.94. The number of aldehydes is 1. The van der Waals surface area contributed by atoms with Crippen LogP contribution in [0.2, 0.25) is 0 Å². The maximum atomic E-state index is 12.2. The minimum absolute atomic E-state index is 0.315. The first kappa shape index (κ1) is 16.8. The van der Waals surface area contributed by atoms with Crippen molar-refractivity contribution < 1.29 is 4.79 Å². The first-order chi connectivity index (χ1) is 12.7. The molecule has 0 aliphatic heterocycles. The number of aryl methyl sites for hydroxylation is 1. The number of carbonyl (C=O) groups is 1. The number of hydrogen-bond acceptors (Lipinski definition) is 1. The molecule has 0 spiro atoms. The van der Waals surface area contributed by atoms with E-state index in [9.17, 15) is 4.79 Å². The number of aromatic nitrogens is 1. The van der Waals surface area contributed by atoms with Gasteiger partial charge in [-0.15, -0.1) is 0 Å². The lowest BCUT2D eigenvalue weighted by Crippen LogP contribution is -2.05. The minimum atomic E-state index is -0.315. The number of fused-ring (bicyclic) bond motifs is 1. The highest BCUT2D eigenvalue weighted by molar-refractivity contribution is 9.10. The fourth-order valence-electron chi connectivity index (χ4n) is 3.67. The summed E-state index contributed by atoms with van der Waals surface area (Å²) in [5.74, 6) is -0.315. The predicted molar refractivity (Wildman–Crippen MR) is 110 cm³/mol. The molecule has 0 unspecified atom stereocenters. The lowest BCUT2D eigenvalue weighted by atomic mass is 9.88. The number of hydrogen-bond donors (Lipinski definition) is 0. The van der Waals surface area contributed by atoms with Gasteiger partial charge in [-0.2, -0.15) is 0 Å². The van der Waals surface area contributed by atoms with E-state index in [1.54, 1.807) is 0 Å². The zero-order valence-electron chi connectivity index (χ0n) is 14.4. The van der Waals surface area contributed by atoms with Crippen molar-refractivity contribution in [2.45, 2.75) is 5.92 Å². The van der Waals surface area contributed by atoms with Crippen LogP contribution in [0, 0.1) is 0 Å². The molecule has 4 aromatic rings. The Morgan fingerprint density at radius 2 is 1.54 bits per heavy atom. The van der Waals surface area contributed by atoms with Crippen LogP contribution in [0.5, 0.6) is 0 Å². The van der Waals surface area contributed by atoms with E-state index >= 15 is 0 Å². The number of benzene rings is 3. The summed E-state index contributed by atoms with van der Waals surface area (Å²) in [6, 6.07) is 26.6. The summed E-state index contributed by atoms with van der Waals surface area (Å²) in [7, 11) is 2.07.